The zero-order valence-corrected chi connectivity index (χ0v) is 13.6. The smallest absolute Gasteiger partial charge is 0.317 e. The molecule has 3 aliphatic rings. The maximum Gasteiger partial charge on any atom is 0.317 e. The summed E-state index contributed by atoms with van der Waals surface area (Å²) in [5.41, 5.74) is 0.990. The second-order valence-electron chi connectivity index (χ2n) is 6.50. The number of nitrogens with one attached hydrogen (secondary N) is 1. The molecule has 0 aromatic carbocycles. The van der Waals surface area contributed by atoms with E-state index in [2.05, 4.69) is 10.3 Å². The van der Waals surface area contributed by atoms with Crippen LogP contribution in [0.2, 0.25) is 0 Å². The summed E-state index contributed by atoms with van der Waals surface area (Å²) in [4.78, 5) is 18.6. The second-order valence-corrected chi connectivity index (χ2v) is 6.50. The molecule has 1 aromatic rings. The predicted octanol–water partition coefficient (Wildman–Crippen LogP) is 1.44. The van der Waals surface area contributed by atoms with Gasteiger partial charge in [-0.25, -0.2) is 9.78 Å². The number of hydrogen-bond donors (Lipinski definition) is 2. The van der Waals surface area contributed by atoms with Crippen LogP contribution in [0.15, 0.2) is 18.3 Å². The molecule has 0 spiro atoms. The number of carbonyl (C=O) groups excluding carboxylic acids is 1. The fourth-order valence-electron chi connectivity index (χ4n) is 3.97. The molecule has 1 saturated carbocycles. The number of nitrogens with zero attached hydrogens (tertiary/aromatic N) is 2. The van der Waals surface area contributed by atoms with E-state index in [0.717, 1.165) is 24.9 Å². The lowest BCUT2D eigenvalue weighted by atomic mass is 9.73. The van der Waals surface area contributed by atoms with Gasteiger partial charge in [0.15, 0.2) is 0 Å². The van der Waals surface area contributed by atoms with E-state index in [1.807, 2.05) is 17.0 Å². The fraction of sp³-hybridized carbons (Fsp3) is 0.647. The van der Waals surface area contributed by atoms with E-state index in [1.54, 1.807) is 13.3 Å². The van der Waals surface area contributed by atoms with E-state index >= 15 is 0 Å². The third-order valence-electron chi connectivity index (χ3n) is 5.12. The summed E-state index contributed by atoms with van der Waals surface area (Å²) in [5.74, 6) is 1.40. The molecule has 3 unspecified atom stereocenters. The first-order valence-corrected chi connectivity index (χ1v) is 8.36. The lowest BCUT2D eigenvalue weighted by Gasteiger charge is -2.49. The molecule has 6 heteroatoms. The van der Waals surface area contributed by atoms with Crippen molar-refractivity contribution in [2.24, 2.45) is 11.8 Å². The van der Waals surface area contributed by atoms with Crippen LogP contribution >= 0.6 is 0 Å². The summed E-state index contributed by atoms with van der Waals surface area (Å²) in [6.45, 7) is 1.56. The number of pyridine rings is 1. The fourth-order valence-corrected chi connectivity index (χ4v) is 3.97. The number of ether oxygens (including phenoxy) is 1. The van der Waals surface area contributed by atoms with E-state index in [4.69, 9.17) is 4.74 Å². The normalized spacial score (nSPS) is 26.2. The standard InChI is InChI=1S/C17H25N3O3/c1-23-16-13(3-2-7-18-16)6-8-19-17(22)20-10-12-4-5-15(20)14(9-12)11-21/h2-3,7,12,14-15,21H,4-6,8-11H2,1H3,(H,19,22). The van der Waals surface area contributed by atoms with E-state index in [0.29, 0.717) is 24.8 Å². The van der Waals surface area contributed by atoms with Gasteiger partial charge in [0.05, 0.1) is 7.11 Å². The minimum atomic E-state index is -0.0132. The molecular weight excluding hydrogens is 294 g/mol. The molecule has 2 saturated heterocycles. The lowest BCUT2D eigenvalue weighted by molar-refractivity contribution is 0.00404. The molecule has 0 radical (unpaired) electrons. The monoisotopic (exact) mass is 319 g/mol. The predicted molar refractivity (Wildman–Crippen MR) is 86.3 cm³/mol. The van der Waals surface area contributed by atoms with Gasteiger partial charge in [-0.05, 0) is 37.7 Å². The Morgan fingerprint density at radius 2 is 2.39 bits per heavy atom. The van der Waals surface area contributed by atoms with Gasteiger partial charge >= 0.3 is 6.03 Å². The number of urea groups is 1. The molecule has 6 nitrogen and oxygen atoms in total. The summed E-state index contributed by atoms with van der Waals surface area (Å²) in [5, 5.41) is 12.5. The Labute approximate surface area is 136 Å². The summed E-state index contributed by atoms with van der Waals surface area (Å²) in [6.07, 6.45) is 5.63. The molecule has 4 rings (SSSR count). The van der Waals surface area contributed by atoms with Crippen LogP contribution in [-0.2, 0) is 6.42 Å². The number of rotatable bonds is 5. The largest absolute Gasteiger partial charge is 0.481 e. The number of carbonyl (C=O) groups is 1. The number of piperidine rings is 2. The van der Waals surface area contributed by atoms with Crippen molar-refractivity contribution >= 4 is 6.03 Å². The van der Waals surface area contributed by atoms with Gasteiger partial charge in [-0.3, -0.25) is 0 Å². The van der Waals surface area contributed by atoms with Crippen LogP contribution in [-0.4, -0.2) is 53.9 Å². The number of methoxy groups -OCH3 is 1. The lowest BCUT2D eigenvalue weighted by Crippen LogP contribution is -2.58. The molecule has 1 aliphatic carbocycles. The van der Waals surface area contributed by atoms with E-state index in [1.165, 1.54) is 6.42 Å². The summed E-state index contributed by atoms with van der Waals surface area (Å²) >= 11 is 0. The highest BCUT2D eigenvalue weighted by molar-refractivity contribution is 5.75. The summed E-state index contributed by atoms with van der Waals surface area (Å²) in [6, 6.07) is 4.01. The summed E-state index contributed by atoms with van der Waals surface area (Å²) < 4.78 is 5.23. The third kappa shape index (κ3) is 3.42. The molecule has 2 amide bonds. The Morgan fingerprint density at radius 1 is 1.52 bits per heavy atom. The molecule has 3 atom stereocenters. The average Bonchev–Trinajstić information content (AvgIpc) is 2.62. The van der Waals surface area contributed by atoms with E-state index in [-0.39, 0.29) is 24.6 Å². The number of aliphatic hydroxyl groups excluding tert-OH is 1. The number of fused-ring (bicyclic) bond motifs is 3. The van der Waals surface area contributed by atoms with Gasteiger partial charge in [0.25, 0.3) is 0 Å². The first kappa shape index (κ1) is 16.1. The topological polar surface area (TPSA) is 74.7 Å². The van der Waals surface area contributed by atoms with Gasteiger partial charge in [-0.1, -0.05) is 6.07 Å². The van der Waals surface area contributed by atoms with E-state index in [9.17, 15) is 9.90 Å². The first-order valence-electron chi connectivity index (χ1n) is 8.36. The zero-order chi connectivity index (χ0) is 16.2. The van der Waals surface area contributed by atoms with Crippen molar-refractivity contribution in [2.45, 2.75) is 31.7 Å². The third-order valence-corrected chi connectivity index (χ3v) is 5.12. The van der Waals surface area contributed by atoms with Crippen LogP contribution in [0.3, 0.4) is 0 Å². The number of aliphatic hydroxyl groups is 1. The molecule has 126 valence electrons. The Kier molecular flexibility index (Phi) is 5.00. The molecular formula is C17H25N3O3. The first-order chi connectivity index (χ1) is 11.2. The highest BCUT2D eigenvalue weighted by Gasteiger charge is 2.42. The summed E-state index contributed by atoms with van der Waals surface area (Å²) in [7, 11) is 1.60. The minimum absolute atomic E-state index is 0.0132. The van der Waals surface area contributed by atoms with Crippen LogP contribution < -0.4 is 10.1 Å². The zero-order valence-electron chi connectivity index (χ0n) is 13.6. The van der Waals surface area contributed by atoms with Gasteiger partial charge in [0.2, 0.25) is 5.88 Å². The van der Waals surface area contributed by atoms with Crippen LogP contribution in [0.4, 0.5) is 4.79 Å². The minimum Gasteiger partial charge on any atom is -0.481 e. The highest BCUT2D eigenvalue weighted by Crippen LogP contribution is 2.38. The van der Waals surface area contributed by atoms with Crippen LogP contribution in [0.25, 0.3) is 0 Å². The molecule has 2 N–H and O–H groups in total. The van der Waals surface area contributed by atoms with Crippen LogP contribution in [0.1, 0.15) is 24.8 Å². The van der Waals surface area contributed by atoms with Gasteiger partial charge in [0, 0.05) is 43.4 Å². The molecule has 2 aliphatic heterocycles. The Bertz CT molecular complexity index is 552. The molecule has 23 heavy (non-hydrogen) atoms. The molecule has 3 fully saturated rings. The van der Waals surface area contributed by atoms with Gasteiger partial charge in [0.1, 0.15) is 0 Å². The van der Waals surface area contributed by atoms with Gasteiger partial charge in [-0.2, -0.15) is 0 Å². The maximum atomic E-state index is 12.5. The number of aromatic nitrogens is 1. The van der Waals surface area contributed by atoms with Crippen molar-refractivity contribution in [3.8, 4) is 5.88 Å². The maximum absolute atomic E-state index is 12.5. The van der Waals surface area contributed by atoms with Crippen molar-refractivity contribution in [3.63, 3.8) is 0 Å². The Balaban J connectivity index is 1.53. The number of hydrogen-bond acceptors (Lipinski definition) is 4. The molecule has 1 aromatic heterocycles. The Morgan fingerprint density at radius 3 is 3.13 bits per heavy atom. The highest BCUT2D eigenvalue weighted by atomic mass is 16.5. The van der Waals surface area contributed by atoms with Gasteiger partial charge < -0.3 is 20.1 Å². The number of amides is 2. The van der Waals surface area contributed by atoms with Crippen molar-refractivity contribution in [2.75, 3.05) is 26.8 Å². The van der Waals surface area contributed by atoms with Gasteiger partial charge in [-0.15, -0.1) is 0 Å². The van der Waals surface area contributed by atoms with Crippen molar-refractivity contribution in [1.29, 1.82) is 0 Å². The molecule has 2 bridgehead atoms. The van der Waals surface area contributed by atoms with Crippen molar-refractivity contribution in [3.05, 3.63) is 23.9 Å². The van der Waals surface area contributed by atoms with E-state index < -0.39 is 0 Å². The van der Waals surface area contributed by atoms with Crippen LogP contribution in [0, 0.1) is 11.8 Å². The van der Waals surface area contributed by atoms with Crippen molar-refractivity contribution in [1.82, 2.24) is 15.2 Å². The van der Waals surface area contributed by atoms with Crippen LogP contribution in [0.5, 0.6) is 5.88 Å². The SMILES string of the molecule is COc1ncccc1CCNC(=O)N1CC2CCC1C(CO)C2. The van der Waals surface area contributed by atoms with Crippen molar-refractivity contribution < 1.29 is 14.6 Å². The second kappa shape index (κ2) is 7.17. The Hall–Kier alpha value is -1.82. The quantitative estimate of drug-likeness (QED) is 0.861. The molecule has 3 heterocycles. The average molecular weight is 319 g/mol.